The van der Waals surface area contributed by atoms with Crippen molar-refractivity contribution in [1.82, 2.24) is 9.55 Å². The molecule has 1 saturated heterocycles. The Kier molecular flexibility index (Phi) is 7.55. The number of para-hydroxylation sites is 2. The Hall–Kier alpha value is -3.60. The number of hydrogen-bond acceptors (Lipinski definition) is 3. The number of imidazole rings is 1. The van der Waals surface area contributed by atoms with Gasteiger partial charge in [0.05, 0.1) is 17.6 Å². The van der Waals surface area contributed by atoms with Crippen LogP contribution in [-0.2, 0) is 23.2 Å². The van der Waals surface area contributed by atoms with E-state index >= 15 is 0 Å². The van der Waals surface area contributed by atoms with Crippen molar-refractivity contribution >= 4 is 22.6 Å². The van der Waals surface area contributed by atoms with Crippen LogP contribution in [0.2, 0.25) is 0 Å². The zero-order valence-electron chi connectivity index (χ0n) is 23.1. The lowest BCUT2D eigenvalue weighted by molar-refractivity contribution is -0.117. The van der Waals surface area contributed by atoms with E-state index in [1.807, 2.05) is 23.1 Å². The third-order valence-corrected chi connectivity index (χ3v) is 7.55. The van der Waals surface area contributed by atoms with Gasteiger partial charge in [0.25, 0.3) is 0 Å². The quantitative estimate of drug-likeness (QED) is 0.238. The molecule has 3 aromatic carbocycles. The third kappa shape index (κ3) is 5.62. The lowest BCUT2D eigenvalue weighted by atomic mass is 9.87. The molecule has 4 aromatic rings. The lowest BCUT2D eigenvalue weighted by Crippen LogP contribution is -2.24. The molecule has 1 unspecified atom stereocenters. The maximum absolute atomic E-state index is 13.1. The lowest BCUT2D eigenvalue weighted by Gasteiger charge is -2.19. The summed E-state index contributed by atoms with van der Waals surface area (Å²) in [5, 5.41) is 0. The number of amides is 1. The Balaban J connectivity index is 1.31. The van der Waals surface area contributed by atoms with Gasteiger partial charge < -0.3 is 14.2 Å². The standard InChI is InChI=1S/C33H39N3O2/c1-5-6-9-24-12-16-27(17-13-24)36-23-25(22-31(36)37)32-34-29-10-7-8-11-30(29)35(32)20-21-38-28-18-14-26(15-19-28)33(2,3)4/h7-8,10-19,25H,5-6,9,20-23H2,1-4H3. The summed E-state index contributed by atoms with van der Waals surface area (Å²) in [5.74, 6) is 2.03. The highest BCUT2D eigenvalue weighted by atomic mass is 16.5. The van der Waals surface area contributed by atoms with Crippen molar-refractivity contribution in [3.8, 4) is 5.75 Å². The first-order valence-electron chi connectivity index (χ1n) is 13.9. The third-order valence-electron chi connectivity index (χ3n) is 7.55. The van der Waals surface area contributed by atoms with Crippen LogP contribution in [0.3, 0.4) is 0 Å². The molecule has 2 heterocycles. The van der Waals surface area contributed by atoms with Crippen LogP contribution in [0.1, 0.15) is 69.8 Å². The van der Waals surface area contributed by atoms with Gasteiger partial charge in [-0.1, -0.05) is 70.5 Å². The molecule has 0 aliphatic carbocycles. The molecule has 198 valence electrons. The first-order valence-corrected chi connectivity index (χ1v) is 13.9. The summed E-state index contributed by atoms with van der Waals surface area (Å²) in [6.45, 7) is 10.7. The van der Waals surface area contributed by atoms with Gasteiger partial charge in [-0.25, -0.2) is 4.98 Å². The molecule has 38 heavy (non-hydrogen) atoms. The molecule has 0 N–H and O–H groups in total. The van der Waals surface area contributed by atoms with Crippen LogP contribution in [0, 0.1) is 0 Å². The van der Waals surface area contributed by atoms with Gasteiger partial charge in [-0.2, -0.15) is 0 Å². The molecule has 0 saturated carbocycles. The minimum absolute atomic E-state index is 0.0423. The van der Waals surface area contributed by atoms with E-state index in [0.717, 1.165) is 34.7 Å². The zero-order chi connectivity index (χ0) is 26.7. The van der Waals surface area contributed by atoms with Gasteiger partial charge in [-0.3, -0.25) is 4.79 Å². The Morgan fingerprint density at radius 1 is 0.974 bits per heavy atom. The number of ether oxygens (including phenoxy) is 1. The Morgan fingerprint density at radius 2 is 1.71 bits per heavy atom. The van der Waals surface area contributed by atoms with Crippen LogP contribution >= 0.6 is 0 Å². The molecule has 5 nitrogen and oxygen atoms in total. The maximum atomic E-state index is 13.1. The minimum atomic E-state index is 0.0423. The summed E-state index contributed by atoms with van der Waals surface area (Å²) in [6, 6.07) is 25.1. The smallest absolute Gasteiger partial charge is 0.227 e. The highest BCUT2D eigenvalue weighted by Gasteiger charge is 2.34. The second-order valence-corrected chi connectivity index (χ2v) is 11.4. The number of anilines is 1. The highest BCUT2D eigenvalue weighted by Crippen LogP contribution is 2.33. The van der Waals surface area contributed by atoms with Crippen LogP contribution in [-0.4, -0.2) is 28.6 Å². The van der Waals surface area contributed by atoms with Crippen molar-refractivity contribution in [3.63, 3.8) is 0 Å². The predicted molar refractivity (Wildman–Crippen MR) is 155 cm³/mol. The molecule has 0 radical (unpaired) electrons. The second-order valence-electron chi connectivity index (χ2n) is 11.4. The van der Waals surface area contributed by atoms with Gasteiger partial charge in [0.1, 0.15) is 18.2 Å². The summed E-state index contributed by atoms with van der Waals surface area (Å²) in [7, 11) is 0. The molecular formula is C33H39N3O2. The number of aryl methyl sites for hydroxylation is 1. The summed E-state index contributed by atoms with van der Waals surface area (Å²) in [6.07, 6.45) is 3.92. The fraction of sp³-hybridized carbons (Fsp3) is 0.394. The largest absolute Gasteiger partial charge is 0.492 e. The van der Waals surface area contributed by atoms with Crippen molar-refractivity contribution in [2.75, 3.05) is 18.1 Å². The van der Waals surface area contributed by atoms with Crippen molar-refractivity contribution in [2.24, 2.45) is 0 Å². The predicted octanol–water partition coefficient (Wildman–Crippen LogP) is 7.28. The number of rotatable bonds is 9. The molecule has 1 atom stereocenters. The number of nitrogens with zero attached hydrogens (tertiary/aromatic N) is 3. The average molecular weight is 510 g/mol. The van der Waals surface area contributed by atoms with Gasteiger partial charge in [0.15, 0.2) is 0 Å². The molecule has 1 aliphatic heterocycles. The maximum Gasteiger partial charge on any atom is 0.227 e. The van der Waals surface area contributed by atoms with Crippen molar-refractivity contribution in [1.29, 1.82) is 0 Å². The van der Waals surface area contributed by atoms with Crippen molar-refractivity contribution in [2.45, 2.75) is 71.3 Å². The molecule has 1 amide bonds. The number of carbonyl (C=O) groups is 1. The van der Waals surface area contributed by atoms with Crippen molar-refractivity contribution < 1.29 is 9.53 Å². The van der Waals surface area contributed by atoms with Gasteiger partial charge in [0.2, 0.25) is 5.91 Å². The first kappa shape index (κ1) is 26.0. The molecule has 0 bridgehead atoms. The van der Waals surface area contributed by atoms with Gasteiger partial charge in [-0.15, -0.1) is 0 Å². The van der Waals surface area contributed by atoms with Gasteiger partial charge >= 0.3 is 0 Å². The molecule has 1 aliphatic rings. The summed E-state index contributed by atoms with van der Waals surface area (Å²) < 4.78 is 8.38. The topological polar surface area (TPSA) is 47.4 Å². The van der Waals surface area contributed by atoms with Crippen molar-refractivity contribution in [3.05, 3.63) is 89.7 Å². The van der Waals surface area contributed by atoms with E-state index in [9.17, 15) is 4.79 Å². The number of fused-ring (bicyclic) bond motifs is 1. The van der Waals surface area contributed by atoms with E-state index in [2.05, 4.69) is 86.9 Å². The Morgan fingerprint density at radius 3 is 2.42 bits per heavy atom. The van der Waals surface area contributed by atoms with Crippen LogP contribution < -0.4 is 9.64 Å². The van der Waals surface area contributed by atoms with Gasteiger partial charge in [-0.05, 0) is 65.8 Å². The monoisotopic (exact) mass is 509 g/mol. The molecule has 0 spiro atoms. The van der Waals surface area contributed by atoms with Crippen LogP contribution in [0.4, 0.5) is 5.69 Å². The van der Waals surface area contributed by atoms with Crippen LogP contribution in [0.5, 0.6) is 5.75 Å². The number of benzene rings is 3. The molecule has 5 rings (SSSR count). The normalized spacial score (nSPS) is 15.9. The van der Waals surface area contributed by atoms with Crippen LogP contribution in [0.25, 0.3) is 11.0 Å². The zero-order valence-corrected chi connectivity index (χ0v) is 23.1. The molecule has 5 heteroatoms. The summed E-state index contributed by atoms with van der Waals surface area (Å²) >= 11 is 0. The van der Waals surface area contributed by atoms with E-state index in [4.69, 9.17) is 9.72 Å². The highest BCUT2D eigenvalue weighted by molar-refractivity contribution is 5.96. The average Bonchev–Trinajstić information content (AvgIpc) is 3.48. The van der Waals surface area contributed by atoms with E-state index in [1.165, 1.54) is 24.0 Å². The summed E-state index contributed by atoms with van der Waals surface area (Å²) in [5.41, 5.74) is 5.76. The van der Waals surface area contributed by atoms with E-state index in [1.54, 1.807) is 0 Å². The number of aromatic nitrogens is 2. The number of carbonyl (C=O) groups excluding carboxylic acids is 1. The van der Waals surface area contributed by atoms with Crippen LogP contribution in [0.15, 0.2) is 72.8 Å². The second kappa shape index (κ2) is 11.0. The van der Waals surface area contributed by atoms with E-state index < -0.39 is 0 Å². The fourth-order valence-corrected chi connectivity index (χ4v) is 5.30. The molecule has 1 fully saturated rings. The first-order chi connectivity index (χ1) is 18.3. The van der Waals surface area contributed by atoms with E-state index in [-0.39, 0.29) is 17.2 Å². The minimum Gasteiger partial charge on any atom is -0.492 e. The number of hydrogen-bond donors (Lipinski definition) is 0. The molecular weight excluding hydrogens is 470 g/mol. The fourth-order valence-electron chi connectivity index (χ4n) is 5.30. The molecule has 1 aromatic heterocycles. The Bertz CT molecular complexity index is 1380. The number of unbranched alkanes of at least 4 members (excludes halogenated alkanes) is 1. The SMILES string of the molecule is CCCCc1ccc(N2CC(c3nc4ccccc4n3CCOc3ccc(C(C)(C)C)cc3)CC2=O)cc1. The Labute approximate surface area is 226 Å². The van der Waals surface area contributed by atoms with E-state index in [0.29, 0.717) is 26.1 Å². The summed E-state index contributed by atoms with van der Waals surface area (Å²) in [4.78, 5) is 20.0. The van der Waals surface area contributed by atoms with Gasteiger partial charge in [0, 0.05) is 24.6 Å².